The highest BCUT2D eigenvalue weighted by atomic mass is 32.1. The molecule has 0 amide bonds. The van der Waals surface area contributed by atoms with Crippen molar-refractivity contribution >= 4 is 100 Å². The number of para-hydroxylation sites is 1. The van der Waals surface area contributed by atoms with Crippen LogP contribution in [0.3, 0.4) is 0 Å². The Labute approximate surface area is 499 Å². The highest BCUT2D eigenvalue weighted by Gasteiger charge is 2.58. The lowest BCUT2D eigenvalue weighted by atomic mass is 9.32. The molecule has 2 unspecified atom stereocenters. The predicted octanol–water partition coefficient (Wildman–Crippen LogP) is 19.5. The van der Waals surface area contributed by atoms with E-state index < -0.39 is 0 Å². The zero-order valence-electron chi connectivity index (χ0n) is 51.8. The van der Waals surface area contributed by atoms with Gasteiger partial charge in [0.15, 0.2) is 0 Å². The highest BCUT2D eigenvalue weighted by Crippen LogP contribution is 2.63. The molecule has 3 aliphatic heterocycles. The fourth-order valence-corrected chi connectivity index (χ4v) is 19.5. The van der Waals surface area contributed by atoms with Gasteiger partial charge in [-0.25, -0.2) is 0 Å². The predicted molar refractivity (Wildman–Crippen MR) is 357 cm³/mol. The molecule has 8 aromatic carbocycles. The van der Waals surface area contributed by atoms with Crippen molar-refractivity contribution in [1.29, 1.82) is 0 Å². The number of thiophene rings is 1. The summed E-state index contributed by atoms with van der Waals surface area (Å²) in [4.78, 5) is 8.42. The smallest absolute Gasteiger partial charge is 0.252 e. The molecule has 16 rings (SSSR count). The molecule has 1 saturated carbocycles. The van der Waals surface area contributed by atoms with Gasteiger partial charge in [-0.1, -0.05) is 188 Å². The molecule has 0 radical (unpaired) electrons. The molecule has 0 spiro atoms. The summed E-state index contributed by atoms with van der Waals surface area (Å²) in [6.45, 7) is 35.2. The van der Waals surface area contributed by atoms with Gasteiger partial charge in [0.1, 0.15) is 0 Å². The molecule has 5 heteroatoms. The monoisotopic (exact) mass is 1100 g/mol. The van der Waals surface area contributed by atoms with Gasteiger partial charge in [-0.05, 0) is 194 Å². The molecular weight excluding hydrogens is 1020 g/mol. The fourth-order valence-electron chi connectivity index (χ4n) is 18.3. The Hall–Kier alpha value is -6.56. The van der Waals surface area contributed by atoms with Crippen molar-refractivity contribution in [3.8, 4) is 0 Å². The van der Waals surface area contributed by atoms with Crippen LogP contribution in [0.5, 0.6) is 0 Å². The maximum absolute atomic E-state index is 2.86. The lowest BCUT2D eigenvalue weighted by molar-refractivity contribution is 0.195. The summed E-state index contributed by atoms with van der Waals surface area (Å²) < 4.78 is 2.66. The lowest BCUT2D eigenvalue weighted by Gasteiger charge is -2.52. The largest absolute Gasteiger partial charge is 0.334 e. The molecule has 4 heterocycles. The molecule has 3 nitrogen and oxygen atoms in total. The molecule has 7 aliphatic rings. The average molecular weight is 1100 g/mol. The zero-order valence-corrected chi connectivity index (χ0v) is 52.7. The van der Waals surface area contributed by atoms with Crippen molar-refractivity contribution in [2.45, 2.75) is 192 Å². The van der Waals surface area contributed by atoms with Gasteiger partial charge in [0.25, 0.3) is 6.71 Å². The van der Waals surface area contributed by atoms with Crippen molar-refractivity contribution in [3.05, 3.63) is 196 Å². The number of hydrogen-bond acceptors (Lipinski definition) is 4. The van der Waals surface area contributed by atoms with Crippen LogP contribution in [-0.2, 0) is 37.9 Å². The van der Waals surface area contributed by atoms with Gasteiger partial charge < -0.3 is 14.7 Å². The summed E-state index contributed by atoms with van der Waals surface area (Å²) in [5.74, 6) is 0. The molecule has 2 atom stereocenters. The summed E-state index contributed by atoms with van der Waals surface area (Å²) in [7, 11) is 0. The number of hydrogen-bond donors (Lipinski definition) is 0. The van der Waals surface area contributed by atoms with E-state index in [0.717, 1.165) is 19.3 Å². The standard InChI is InChI=1S/C78H82BN3S/c1-71(2)35-36-72(3,4)56-39-47(30-32-52(56)71)80-64-45-58-57(73(5,6)37-38-74(58,7)8)43-61(64)79-62-44-59-60(76(11,12)54-25-17-16-24-53(54)75(59,9)10)46-65(62)81(48-29-31-51-50-23-15-20-28-68(50)83-69(51)42-48)67-41-49(40-66(80)70(67)79)82-63-27-19-18-26-55(63)77(13)33-21-22-34-78(77,82)14/h15-20,23-32,39-46H,21-22,33-38H2,1-14H3. The van der Waals surface area contributed by atoms with E-state index in [9.17, 15) is 0 Å². The van der Waals surface area contributed by atoms with Gasteiger partial charge in [-0.3, -0.25) is 0 Å². The SMILES string of the molecule is CC1(C)CCC(C)(C)c2cc(N3c4cc5c(cc4B4c6cc7c(cc6N(c6ccc8c(c6)sc6ccccc68)c6cc(N8c9ccccc9C9(C)CCCCC89C)cc3c64)C(C)(C)c3ccccc3C7(C)C)C(C)(C)CCC5(C)C)ccc21. The van der Waals surface area contributed by atoms with Crippen LogP contribution in [0.15, 0.2) is 146 Å². The summed E-state index contributed by atoms with van der Waals surface area (Å²) in [6.07, 6.45) is 9.48. The Morgan fingerprint density at radius 3 is 1.48 bits per heavy atom. The maximum atomic E-state index is 2.86. The van der Waals surface area contributed by atoms with E-state index in [1.54, 1.807) is 0 Å². The van der Waals surface area contributed by atoms with Crippen LogP contribution < -0.4 is 31.1 Å². The van der Waals surface area contributed by atoms with Gasteiger partial charge in [0.05, 0.1) is 5.54 Å². The van der Waals surface area contributed by atoms with Crippen LogP contribution >= 0.6 is 11.3 Å². The van der Waals surface area contributed by atoms with E-state index in [2.05, 4.69) is 257 Å². The first-order valence-corrected chi connectivity index (χ1v) is 32.4. The van der Waals surface area contributed by atoms with E-state index in [4.69, 9.17) is 0 Å². The maximum Gasteiger partial charge on any atom is 0.252 e. The van der Waals surface area contributed by atoms with Crippen molar-refractivity contribution < 1.29 is 0 Å². The minimum absolute atomic E-state index is 0.00851. The van der Waals surface area contributed by atoms with Crippen molar-refractivity contribution in [3.63, 3.8) is 0 Å². The molecule has 83 heavy (non-hydrogen) atoms. The minimum atomic E-state index is -0.241. The first-order valence-electron chi connectivity index (χ1n) is 31.6. The van der Waals surface area contributed by atoms with Gasteiger partial charge in [-0.15, -0.1) is 11.3 Å². The van der Waals surface area contributed by atoms with E-state index >= 15 is 0 Å². The average Bonchev–Trinajstić information content (AvgIpc) is 1.55. The number of nitrogens with zero attached hydrogens (tertiary/aromatic N) is 3. The summed E-state index contributed by atoms with van der Waals surface area (Å²) in [5, 5.41) is 2.67. The number of benzene rings is 8. The molecule has 418 valence electrons. The summed E-state index contributed by atoms with van der Waals surface area (Å²) >= 11 is 1.93. The third kappa shape index (κ3) is 6.81. The minimum Gasteiger partial charge on any atom is -0.334 e. The Bertz CT molecular complexity index is 4320. The molecule has 0 bridgehead atoms. The van der Waals surface area contributed by atoms with Crippen LogP contribution in [0.1, 0.15) is 198 Å². The van der Waals surface area contributed by atoms with Crippen LogP contribution in [0.2, 0.25) is 0 Å². The van der Waals surface area contributed by atoms with Crippen LogP contribution in [-0.4, -0.2) is 12.3 Å². The summed E-state index contributed by atoms with van der Waals surface area (Å²) in [6, 6.07) is 59.3. The quantitative estimate of drug-likeness (QED) is 0.163. The van der Waals surface area contributed by atoms with E-state index in [0.29, 0.717) is 0 Å². The summed E-state index contributed by atoms with van der Waals surface area (Å²) in [5.41, 5.74) is 27.4. The number of rotatable bonds is 3. The third-order valence-electron chi connectivity index (χ3n) is 23.8. The Balaban J connectivity index is 1.07. The fraction of sp³-hybridized carbons (Fsp3) is 0.385. The zero-order chi connectivity index (χ0) is 57.5. The van der Waals surface area contributed by atoms with Gasteiger partial charge in [0, 0.05) is 81.9 Å². The second kappa shape index (κ2) is 16.7. The van der Waals surface area contributed by atoms with E-state index in [-0.39, 0.29) is 50.2 Å². The molecule has 1 aromatic heterocycles. The van der Waals surface area contributed by atoms with E-state index in [1.807, 2.05) is 11.3 Å². The molecular formula is C78H82BN3S. The van der Waals surface area contributed by atoms with Gasteiger partial charge in [-0.2, -0.15) is 0 Å². The first-order chi connectivity index (χ1) is 39.4. The van der Waals surface area contributed by atoms with E-state index in [1.165, 1.54) is 164 Å². The van der Waals surface area contributed by atoms with Crippen LogP contribution in [0, 0.1) is 0 Å². The lowest BCUT2D eigenvalue weighted by Crippen LogP contribution is -2.62. The molecule has 4 aliphatic carbocycles. The normalized spacial score (nSPS) is 23.7. The molecule has 9 aromatic rings. The van der Waals surface area contributed by atoms with Crippen molar-refractivity contribution in [2.24, 2.45) is 0 Å². The number of anilines is 8. The molecule has 0 saturated heterocycles. The Kier molecular flexibility index (Phi) is 10.4. The van der Waals surface area contributed by atoms with Gasteiger partial charge in [0.2, 0.25) is 0 Å². The highest BCUT2D eigenvalue weighted by molar-refractivity contribution is 7.25. The molecule has 0 N–H and O–H groups in total. The van der Waals surface area contributed by atoms with Crippen LogP contribution in [0.4, 0.5) is 45.5 Å². The van der Waals surface area contributed by atoms with Crippen molar-refractivity contribution in [1.82, 2.24) is 0 Å². The second-order valence-corrected chi connectivity index (χ2v) is 32.0. The number of fused-ring (bicyclic) bond motifs is 14. The van der Waals surface area contributed by atoms with Gasteiger partial charge >= 0.3 is 0 Å². The van der Waals surface area contributed by atoms with Crippen LogP contribution in [0.25, 0.3) is 20.2 Å². The first kappa shape index (κ1) is 52.0. The topological polar surface area (TPSA) is 9.72 Å². The second-order valence-electron chi connectivity index (χ2n) is 30.9. The third-order valence-corrected chi connectivity index (χ3v) is 24.9. The Morgan fingerprint density at radius 1 is 0.349 bits per heavy atom. The molecule has 1 fully saturated rings. The Morgan fingerprint density at radius 2 is 0.831 bits per heavy atom. The van der Waals surface area contributed by atoms with Crippen molar-refractivity contribution in [2.75, 3.05) is 14.7 Å².